The van der Waals surface area contributed by atoms with Crippen molar-refractivity contribution in [2.75, 3.05) is 0 Å². The van der Waals surface area contributed by atoms with Gasteiger partial charge >= 0.3 is 5.97 Å². The van der Waals surface area contributed by atoms with Crippen molar-refractivity contribution in [2.45, 2.75) is 24.3 Å². The number of hydrogen-bond donors (Lipinski definition) is 1. The molecule has 0 aromatic heterocycles. The minimum absolute atomic E-state index is 0.316. The van der Waals surface area contributed by atoms with E-state index in [1.807, 2.05) is 25.1 Å². The van der Waals surface area contributed by atoms with Crippen molar-refractivity contribution in [3.05, 3.63) is 48.0 Å². The maximum absolute atomic E-state index is 11.0. The molecule has 2 rings (SSSR count). The fraction of sp³-hybridized carbons (Fsp3) is 0.267. The van der Waals surface area contributed by atoms with Gasteiger partial charge in [0.25, 0.3) is 0 Å². The number of carboxylic acid groups (broad SMARTS) is 1. The van der Waals surface area contributed by atoms with Crippen LogP contribution in [-0.4, -0.2) is 16.3 Å². The maximum Gasteiger partial charge on any atom is 0.316 e. The Labute approximate surface area is 111 Å². The molecule has 0 spiro atoms. The van der Waals surface area contributed by atoms with Crippen LogP contribution in [0.25, 0.3) is 10.8 Å². The summed E-state index contributed by atoms with van der Waals surface area (Å²) >= 11 is 1.50. The number of carbonyl (C=O) groups is 1. The van der Waals surface area contributed by atoms with E-state index in [1.54, 1.807) is 0 Å². The monoisotopic (exact) mass is 260 g/mol. The first kappa shape index (κ1) is 13.0. The third-order valence-electron chi connectivity index (χ3n) is 2.97. The summed E-state index contributed by atoms with van der Waals surface area (Å²) in [5.41, 5.74) is 1.21. The van der Waals surface area contributed by atoms with E-state index in [2.05, 4.69) is 24.3 Å². The Morgan fingerprint density at radius 3 is 2.67 bits per heavy atom. The summed E-state index contributed by atoms with van der Waals surface area (Å²) in [6, 6.07) is 14.4. The van der Waals surface area contributed by atoms with E-state index < -0.39 is 5.97 Å². The highest BCUT2D eigenvalue weighted by Gasteiger charge is 2.15. The molecule has 0 saturated carbocycles. The lowest BCUT2D eigenvalue weighted by Gasteiger charge is -2.11. The van der Waals surface area contributed by atoms with Crippen LogP contribution < -0.4 is 0 Å². The van der Waals surface area contributed by atoms with Crippen LogP contribution in [0.1, 0.15) is 18.9 Å². The van der Waals surface area contributed by atoms with Gasteiger partial charge in [-0.05, 0) is 22.8 Å². The number of fused-ring (bicyclic) bond motifs is 1. The molecule has 2 nitrogen and oxygen atoms in total. The summed E-state index contributed by atoms with van der Waals surface area (Å²) in [6.07, 6.45) is 0.658. The zero-order valence-electron chi connectivity index (χ0n) is 10.3. The van der Waals surface area contributed by atoms with Gasteiger partial charge in [-0.15, -0.1) is 11.8 Å². The van der Waals surface area contributed by atoms with Crippen molar-refractivity contribution in [3.8, 4) is 0 Å². The molecule has 0 amide bonds. The standard InChI is InChI=1S/C15H16O2S/c1-2-14(15(16)17)18-10-12-8-5-7-11-6-3-4-9-13(11)12/h3-9,14H,2,10H2,1H3,(H,16,17). The van der Waals surface area contributed by atoms with Crippen molar-refractivity contribution in [1.82, 2.24) is 0 Å². The van der Waals surface area contributed by atoms with E-state index in [-0.39, 0.29) is 5.25 Å². The largest absolute Gasteiger partial charge is 0.480 e. The van der Waals surface area contributed by atoms with E-state index in [1.165, 1.54) is 28.1 Å². The summed E-state index contributed by atoms with van der Waals surface area (Å²) in [5, 5.41) is 11.2. The molecule has 0 saturated heterocycles. The first-order valence-corrected chi connectivity index (χ1v) is 7.08. The van der Waals surface area contributed by atoms with E-state index in [9.17, 15) is 4.79 Å². The van der Waals surface area contributed by atoms with Crippen LogP contribution in [0.3, 0.4) is 0 Å². The SMILES string of the molecule is CCC(SCc1cccc2ccccc12)C(=O)O. The first-order valence-electron chi connectivity index (χ1n) is 6.03. The van der Waals surface area contributed by atoms with Crippen molar-refractivity contribution in [3.63, 3.8) is 0 Å². The number of carboxylic acids is 1. The summed E-state index contributed by atoms with van der Waals surface area (Å²) in [5.74, 6) is 0.0225. The predicted molar refractivity (Wildman–Crippen MR) is 77.0 cm³/mol. The summed E-state index contributed by atoms with van der Waals surface area (Å²) < 4.78 is 0. The van der Waals surface area contributed by atoms with Gasteiger partial charge in [-0.25, -0.2) is 0 Å². The molecular weight excluding hydrogens is 244 g/mol. The first-order chi connectivity index (χ1) is 8.72. The van der Waals surface area contributed by atoms with Gasteiger partial charge in [0.05, 0.1) is 0 Å². The van der Waals surface area contributed by atoms with Crippen LogP contribution in [0.4, 0.5) is 0 Å². The molecule has 0 fully saturated rings. The second-order valence-corrected chi connectivity index (χ2v) is 5.38. The van der Waals surface area contributed by atoms with Crippen LogP contribution in [0.15, 0.2) is 42.5 Å². The Kier molecular flexibility index (Phi) is 4.26. The van der Waals surface area contributed by atoms with Gasteiger partial charge in [0.15, 0.2) is 0 Å². The van der Waals surface area contributed by atoms with Crippen molar-refractivity contribution < 1.29 is 9.90 Å². The molecule has 0 heterocycles. The van der Waals surface area contributed by atoms with Gasteiger partial charge in [-0.3, -0.25) is 4.79 Å². The van der Waals surface area contributed by atoms with Crippen molar-refractivity contribution in [2.24, 2.45) is 0 Å². The Morgan fingerprint density at radius 1 is 1.22 bits per heavy atom. The van der Waals surface area contributed by atoms with Crippen LogP contribution in [0.5, 0.6) is 0 Å². The summed E-state index contributed by atoms with van der Waals surface area (Å²) in [6.45, 7) is 1.91. The normalized spacial score (nSPS) is 12.5. The van der Waals surface area contributed by atoms with Crippen LogP contribution in [0.2, 0.25) is 0 Å². The molecule has 0 aliphatic rings. The second-order valence-electron chi connectivity index (χ2n) is 4.18. The third kappa shape index (κ3) is 2.85. The molecule has 0 aliphatic carbocycles. The highest BCUT2D eigenvalue weighted by molar-refractivity contribution is 7.99. The molecule has 1 N–H and O–H groups in total. The molecule has 3 heteroatoms. The molecule has 0 aliphatic heterocycles. The van der Waals surface area contributed by atoms with Crippen molar-refractivity contribution in [1.29, 1.82) is 0 Å². The lowest BCUT2D eigenvalue weighted by atomic mass is 10.1. The number of thioether (sulfide) groups is 1. The molecule has 94 valence electrons. The Balaban J connectivity index is 2.19. The number of rotatable bonds is 5. The molecule has 2 aromatic carbocycles. The minimum Gasteiger partial charge on any atom is -0.480 e. The highest BCUT2D eigenvalue weighted by atomic mass is 32.2. The van der Waals surface area contributed by atoms with E-state index in [0.29, 0.717) is 6.42 Å². The van der Waals surface area contributed by atoms with E-state index >= 15 is 0 Å². The average molecular weight is 260 g/mol. The van der Waals surface area contributed by atoms with E-state index in [4.69, 9.17) is 5.11 Å². The summed E-state index contributed by atoms with van der Waals surface area (Å²) in [7, 11) is 0. The molecule has 0 radical (unpaired) electrons. The molecule has 1 atom stereocenters. The fourth-order valence-electron chi connectivity index (χ4n) is 1.97. The Morgan fingerprint density at radius 2 is 1.94 bits per heavy atom. The topological polar surface area (TPSA) is 37.3 Å². The van der Waals surface area contributed by atoms with E-state index in [0.717, 1.165) is 5.75 Å². The number of aliphatic carboxylic acids is 1. The lowest BCUT2D eigenvalue weighted by Crippen LogP contribution is -2.15. The van der Waals surface area contributed by atoms with Crippen molar-refractivity contribution >= 4 is 28.5 Å². The lowest BCUT2D eigenvalue weighted by molar-refractivity contribution is -0.136. The second kappa shape index (κ2) is 5.91. The van der Waals surface area contributed by atoms with Crippen LogP contribution in [-0.2, 0) is 10.5 Å². The average Bonchev–Trinajstić information content (AvgIpc) is 2.39. The molecule has 18 heavy (non-hydrogen) atoms. The Bertz CT molecular complexity index is 546. The molecular formula is C15H16O2S. The van der Waals surface area contributed by atoms with Gasteiger partial charge in [-0.2, -0.15) is 0 Å². The smallest absolute Gasteiger partial charge is 0.316 e. The van der Waals surface area contributed by atoms with Gasteiger partial charge in [0.2, 0.25) is 0 Å². The van der Waals surface area contributed by atoms with Crippen LogP contribution in [0, 0.1) is 0 Å². The molecule has 0 bridgehead atoms. The van der Waals surface area contributed by atoms with Gasteiger partial charge in [0, 0.05) is 5.75 Å². The number of benzene rings is 2. The summed E-state index contributed by atoms with van der Waals surface area (Å²) in [4.78, 5) is 11.0. The van der Waals surface area contributed by atoms with Gasteiger partial charge < -0.3 is 5.11 Å². The number of hydrogen-bond acceptors (Lipinski definition) is 2. The van der Waals surface area contributed by atoms with Gasteiger partial charge in [0.1, 0.15) is 5.25 Å². The molecule has 1 unspecified atom stereocenters. The Hall–Kier alpha value is -1.48. The highest BCUT2D eigenvalue weighted by Crippen LogP contribution is 2.26. The predicted octanol–water partition coefficient (Wildman–Crippen LogP) is 3.94. The fourth-order valence-corrected chi connectivity index (χ4v) is 2.98. The minimum atomic E-state index is -0.720. The third-order valence-corrected chi connectivity index (χ3v) is 4.38. The van der Waals surface area contributed by atoms with Crippen LogP contribution >= 0.6 is 11.8 Å². The molecule has 2 aromatic rings. The zero-order valence-corrected chi connectivity index (χ0v) is 11.1. The van der Waals surface area contributed by atoms with Gasteiger partial charge in [-0.1, -0.05) is 49.4 Å². The maximum atomic E-state index is 11.0. The quantitative estimate of drug-likeness (QED) is 0.884. The zero-order chi connectivity index (χ0) is 13.0.